The average Bonchev–Trinajstić information content (AvgIpc) is 2.75. The molecule has 6 heteroatoms. The van der Waals surface area contributed by atoms with E-state index < -0.39 is 11.9 Å². The molecule has 0 spiro atoms. The third-order valence-corrected chi connectivity index (χ3v) is 6.57. The SMILES string of the molecule is O=C(O)CCCCCCC/C=C\C/C=C\C/C=C\CCSCCC(S)CCCCC(=O)O. The first-order valence-corrected chi connectivity index (χ1v) is 13.8. The lowest BCUT2D eigenvalue weighted by Gasteiger charge is -2.09. The van der Waals surface area contributed by atoms with Gasteiger partial charge in [-0.3, -0.25) is 9.59 Å². The van der Waals surface area contributed by atoms with Gasteiger partial charge in [-0.15, -0.1) is 0 Å². The highest BCUT2D eigenvalue weighted by molar-refractivity contribution is 7.99. The lowest BCUT2D eigenvalue weighted by atomic mass is 10.1. The molecule has 0 aromatic heterocycles. The monoisotopic (exact) mass is 484 g/mol. The Balaban J connectivity index is 3.37. The Kier molecular flexibility index (Phi) is 23.6. The van der Waals surface area contributed by atoms with E-state index in [2.05, 4.69) is 49.1 Å². The molecule has 32 heavy (non-hydrogen) atoms. The largest absolute Gasteiger partial charge is 0.481 e. The molecule has 0 saturated carbocycles. The molecule has 0 heterocycles. The minimum Gasteiger partial charge on any atom is -0.481 e. The van der Waals surface area contributed by atoms with Crippen molar-refractivity contribution in [2.75, 3.05) is 11.5 Å². The van der Waals surface area contributed by atoms with Gasteiger partial charge in [0.15, 0.2) is 0 Å². The first kappa shape index (κ1) is 30.9. The molecule has 0 saturated heterocycles. The van der Waals surface area contributed by atoms with Crippen LogP contribution in [0.5, 0.6) is 0 Å². The van der Waals surface area contributed by atoms with Crippen molar-refractivity contribution in [2.24, 2.45) is 0 Å². The highest BCUT2D eigenvalue weighted by Gasteiger charge is 2.04. The minimum absolute atomic E-state index is 0.271. The van der Waals surface area contributed by atoms with Gasteiger partial charge < -0.3 is 10.2 Å². The Morgan fingerprint density at radius 3 is 1.84 bits per heavy atom. The van der Waals surface area contributed by atoms with Gasteiger partial charge in [0.25, 0.3) is 0 Å². The topological polar surface area (TPSA) is 74.6 Å². The fraction of sp³-hybridized carbons (Fsp3) is 0.692. The zero-order chi connectivity index (χ0) is 23.7. The Bertz CT molecular complexity index is 544. The number of thioether (sulfide) groups is 1. The van der Waals surface area contributed by atoms with E-state index in [1.54, 1.807) is 0 Å². The van der Waals surface area contributed by atoms with Crippen LogP contribution >= 0.6 is 24.4 Å². The van der Waals surface area contributed by atoms with Crippen molar-refractivity contribution in [1.29, 1.82) is 0 Å². The van der Waals surface area contributed by atoms with Crippen molar-refractivity contribution in [2.45, 2.75) is 102 Å². The molecule has 2 N–H and O–H groups in total. The molecule has 0 bridgehead atoms. The van der Waals surface area contributed by atoms with E-state index in [1.165, 1.54) is 12.8 Å². The van der Waals surface area contributed by atoms with Crippen molar-refractivity contribution >= 4 is 36.3 Å². The Morgan fingerprint density at radius 2 is 1.19 bits per heavy atom. The normalized spacial score (nSPS) is 12.9. The number of aliphatic carboxylic acids is 2. The molecular formula is C26H44O4S2. The van der Waals surface area contributed by atoms with Crippen LogP contribution in [0.25, 0.3) is 0 Å². The van der Waals surface area contributed by atoms with Gasteiger partial charge in [-0.05, 0) is 69.3 Å². The average molecular weight is 485 g/mol. The fourth-order valence-corrected chi connectivity index (χ4v) is 4.56. The standard InChI is InChI=1S/C26H44O4S2/c27-25(28)19-14-12-10-8-6-4-2-1-3-5-7-9-11-13-17-22-32-23-21-24(31)18-15-16-20-26(29)30/h1-2,5,7,11,13,24,31H,3-4,6,8-10,12,14-23H2,(H,27,28)(H,29,30)/b2-1-,7-5-,13-11-. The van der Waals surface area contributed by atoms with Gasteiger partial charge in [-0.2, -0.15) is 24.4 Å². The van der Waals surface area contributed by atoms with Crippen LogP contribution in [0, 0.1) is 0 Å². The van der Waals surface area contributed by atoms with Crippen molar-refractivity contribution in [3.05, 3.63) is 36.5 Å². The Labute approximate surface area is 205 Å². The molecule has 0 aliphatic rings. The number of hydrogen-bond donors (Lipinski definition) is 3. The number of rotatable bonds is 23. The molecule has 0 aliphatic heterocycles. The van der Waals surface area contributed by atoms with Gasteiger partial charge in [0.1, 0.15) is 0 Å². The second-order valence-corrected chi connectivity index (χ2v) is 10.0. The molecule has 4 nitrogen and oxygen atoms in total. The molecule has 0 aromatic rings. The van der Waals surface area contributed by atoms with Crippen LogP contribution in [0.15, 0.2) is 36.5 Å². The Morgan fingerprint density at radius 1 is 0.656 bits per heavy atom. The summed E-state index contributed by atoms with van der Waals surface area (Å²) in [5.74, 6) is 0.871. The predicted molar refractivity (Wildman–Crippen MR) is 142 cm³/mol. The molecule has 0 rings (SSSR count). The third-order valence-electron chi connectivity index (χ3n) is 5.01. The molecule has 1 atom stereocenters. The highest BCUT2D eigenvalue weighted by Crippen LogP contribution is 2.16. The smallest absolute Gasteiger partial charge is 0.303 e. The minimum atomic E-state index is -0.706. The van der Waals surface area contributed by atoms with Crippen molar-refractivity contribution < 1.29 is 19.8 Å². The van der Waals surface area contributed by atoms with Gasteiger partial charge in [-0.25, -0.2) is 0 Å². The summed E-state index contributed by atoms with van der Waals surface area (Å²) in [6.07, 6.45) is 27.3. The zero-order valence-corrected chi connectivity index (χ0v) is 21.3. The maximum absolute atomic E-state index is 10.5. The van der Waals surface area contributed by atoms with Gasteiger partial charge in [0.2, 0.25) is 0 Å². The summed E-state index contributed by atoms with van der Waals surface area (Å²) < 4.78 is 0. The third kappa shape index (κ3) is 26.9. The summed E-state index contributed by atoms with van der Waals surface area (Å²) >= 11 is 6.56. The van der Waals surface area contributed by atoms with Gasteiger partial charge in [0.05, 0.1) is 0 Å². The number of carboxylic acids is 2. The summed E-state index contributed by atoms with van der Waals surface area (Å²) in [6, 6.07) is 0. The Hall–Kier alpha value is -1.14. The molecule has 0 amide bonds. The highest BCUT2D eigenvalue weighted by atomic mass is 32.2. The van der Waals surface area contributed by atoms with E-state index in [-0.39, 0.29) is 6.42 Å². The van der Waals surface area contributed by atoms with E-state index in [9.17, 15) is 9.59 Å². The van der Waals surface area contributed by atoms with Gasteiger partial charge >= 0.3 is 11.9 Å². The van der Waals surface area contributed by atoms with Crippen molar-refractivity contribution in [1.82, 2.24) is 0 Å². The van der Waals surface area contributed by atoms with Crippen molar-refractivity contribution in [3.8, 4) is 0 Å². The number of thiol groups is 1. The van der Waals surface area contributed by atoms with Crippen LogP contribution in [0.1, 0.15) is 96.3 Å². The first-order chi connectivity index (χ1) is 15.5. The summed E-state index contributed by atoms with van der Waals surface area (Å²) in [6.45, 7) is 0. The quantitative estimate of drug-likeness (QED) is 0.0786. The van der Waals surface area contributed by atoms with E-state index in [4.69, 9.17) is 10.2 Å². The van der Waals surface area contributed by atoms with Crippen LogP contribution in [0.3, 0.4) is 0 Å². The predicted octanol–water partition coefficient (Wildman–Crippen LogP) is 7.71. The van der Waals surface area contributed by atoms with Gasteiger partial charge in [0, 0.05) is 18.1 Å². The molecule has 0 fully saturated rings. The number of allylic oxidation sites excluding steroid dienone is 6. The zero-order valence-electron chi connectivity index (χ0n) is 19.6. The fourth-order valence-electron chi connectivity index (χ4n) is 3.12. The summed E-state index contributed by atoms with van der Waals surface area (Å²) in [5, 5.41) is 17.6. The van der Waals surface area contributed by atoms with E-state index in [1.807, 2.05) is 11.8 Å². The number of carboxylic acid groups (broad SMARTS) is 2. The van der Waals surface area contributed by atoms with Crippen LogP contribution in [0.2, 0.25) is 0 Å². The molecule has 1 unspecified atom stereocenters. The maximum Gasteiger partial charge on any atom is 0.303 e. The number of carbonyl (C=O) groups is 2. The summed E-state index contributed by atoms with van der Waals surface area (Å²) in [4.78, 5) is 20.9. The van der Waals surface area contributed by atoms with E-state index in [0.717, 1.165) is 82.1 Å². The summed E-state index contributed by atoms with van der Waals surface area (Å²) in [7, 11) is 0. The molecule has 184 valence electrons. The number of hydrogen-bond acceptors (Lipinski definition) is 4. The molecule has 0 aliphatic carbocycles. The first-order valence-electron chi connectivity index (χ1n) is 12.2. The summed E-state index contributed by atoms with van der Waals surface area (Å²) in [5.41, 5.74) is 0. The van der Waals surface area contributed by atoms with Crippen LogP contribution in [-0.4, -0.2) is 38.9 Å². The van der Waals surface area contributed by atoms with Crippen molar-refractivity contribution in [3.63, 3.8) is 0 Å². The lowest BCUT2D eigenvalue weighted by Crippen LogP contribution is -2.02. The number of unbranched alkanes of at least 4 members (excludes halogenated alkanes) is 6. The molecule has 0 radical (unpaired) electrons. The van der Waals surface area contributed by atoms with Gasteiger partial charge in [-0.1, -0.05) is 62.1 Å². The van der Waals surface area contributed by atoms with Crippen LogP contribution < -0.4 is 0 Å². The second kappa shape index (κ2) is 24.5. The van der Waals surface area contributed by atoms with E-state index in [0.29, 0.717) is 11.7 Å². The molecular weight excluding hydrogens is 440 g/mol. The molecule has 0 aromatic carbocycles. The van der Waals surface area contributed by atoms with Crippen LogP contribution in [0.4, 0.5) is 0 Å². The maximum atomic E-state index is 10.5. The second-order valence-electron chi connectivity index (χ2n) is 8.07. The lowest BCUT2D eigenvalue weighted by molar-refractivity contribution is -0.138. The van der Waals surface area contributed by atoms with E-state index >= 15 is 0 Å². The van der Waals surface area contributed by atoms with Crippen LogP contribution in [-0.2, 0) is 9.59 Å².